The van der Waals surface area contributed by atoms with Crippen LogP contribution in [-0.4, -0.2) is 21.8 Å². The van der Waals surface area contributed by atoms with Gasteiger partial charge in [-0.2, -0.15) is 0 Å². The van der Waals surface area contributed by atoms with E-state index < -0.39 is 28.9 Å². The molecule has 42 heavy (non-hydrogen) atoms. The number of rotatable bonds is 8. The van der Waals surface area contributed by atoms with Gasteiger partial charge < -0.3 is 20.2 Å². The summed E-state index contributed by atoms with van der Waals surface area (Å²) in [5, 5.41) is 9.61. The van der Waals surface area contributed by atoms with Gasteiger partial charge in [0.15, 0.2) is 11.6 Å². The minimum Gasteiger partial charge on any atom is -0.488 e. The van der Waals surface area contributed by atoms with Gasteiger partial charge in [0.25, 0.3) is 0 Å². The highest BCUT2D eigenvalue weighted by Gasteiger charge is 2.26. The maximum Gasteiger partial charge on any atom is 0.218 e. The van der Waals surface area contributed by atoms with E-state index >= 15 is 0 Å². The zero-order valence-corrected chi connectivity index (χ0v) is 22.9. The number of ether oxygens (including phenoxy) is 1. The number of nitrogen functional groups attached to an aromatic ring is 1. The molecule has 0 aliphatic carbocycles. The third kappa shape index (κ3) is 5.53. The lowest BCUT2D eigenvalue weighted by atomic mass is 9.98. The molecule has 1 atom stereocenters. The van der Waals surface area contributed by atoms with Gasteiger partial charge in [0.2, 0.25) is 11.1 Å². The first-order valence-electron chi connectivity index (χ1n) is 13.0. The molecule has 0 amide bonds. The Hall–Kier alpha value is -5.19. The number of anilines is 2. The van der Waals surface area contributed by atoms with E-state index in [1.54, 1.807) is 32.9 Å². The van der Waals surface area contributed by atoms with Crippen LogP contribution < -0.4 is 26.6 Å². The van der Waals surface area contributed by atoms with Gasteiger partial charge in [-0.05, 0) is 74.9 Å². The molecule has 5 rings (SSSR count). The minimum absolute atomic E-state index is 0.00155. The van der Waals surface area contributed by atoms with E-state index in [0.29, 0.717) is 5.56 Å². The second kappa shape index (κ2) is 11.4. The van der Waals surface area contributed by atoms with Gasteiger partial charge in [-0.25, -0.2) is 23.1 Å². The van der Waals surface area contributed by atoms with Gasteiger partial charge in [0.05, 0.1) is 23.1 Å². The molecule has 2 heterocycles. The Labute approximate surface area is 238 Å². The number of nitrogens with two attached hydrogens (primary N) is 2. The van der Waals surface area contributed by atoms with Crippen molar-refractivity contribution in [2.45, 2.75) is 32.9 Å². The lowest BCUT2D eigenvalue weighted by Crippen LogP contribution is -2.42. The fourth-order valence-corrected chi connectivity index (χ4v) is 4.61. The Morgan fingerprint density at radius 1 is 1.00 bits per heavy atom. The molecule has 11 heteroatoms. The van der Waals surface area contributed by atoms with E-state index in [2.05, 4.69) is 15.3 Å². The van der Waals surface area contributed by atoms with Crippen molar-refractivity contribution in [1.82, 2.24) is 9.97 Å². The molecule has 0 radical (unpaired) electrons. The van der Waals surface area contributed by atoms with Crippen molar-refractivity contribution < 1.29 is 27.7 Å². The fourth-order valence-electron chi connectivity index (χ4n) is 4.61. The highest BCUT2D eigenvalue weighted by molar-refractivity contribution is 6.14. The normalized spacial score (nSPS) is 12.0. The summed E-state index contributed by atoms with van der Waals surface area (Å²) in [7, 11) is 0. The molecule has 0 unspecified atom stereocenters. The second-order valence-electron chi connectivity index (χ2n) is 9.90. The quantitative estimate of drug-likeness (QED) is 0.227. The van der Waals surface area contributed by atoms with Crippen molar-refractivity contribution in [3.8, 4) is 16.9 Å². The summed E-state index contributed by atoms with van der Waals surface area (Å²) in [5.74, 6) is -1.41. The third-order valence-corrected chi connectivity index (χ3v) is 6.49. The third-order valence-electron chi connectivity index (χ3n) is 6.49. The Balaban J connectivity index is 1.59. The highest BCUT2D eigenvalue weighted by Crippen LogP contribution is 2.33. The molecule has 0 aliphatic rings. The van der Waals surface area contributed by atoms with E-state index in [9.17, 15) is 18.0 Å². The molecular formula is C31H27F3N5O3+. The number of halogens is 3. The van der Waals surface area contributed by atoms with Gasteiger partial charge in [-0.1, -0.05) is 12.1 Å². The summed E-state index contributed by atoms with van der Waals surface area (Å²) in [4.78, 5) is 22.0. The number of nitrogens with zero attached hydrogens (tertiary/aromatic N) is 2. The lowest BCUT2D eigenvalue weighted by molar-refractivity contribution is -0.111. The first kappa shape index (κ1) is 28.3. The van der Waals surface area contributed by atoms with Crippen LogP contribution in [0.25, 0.3) is 22.1 Å². The molecule has 2 aromatic heterocycles. The van der Waals surface area contributed by atoms with Crippen molar-refractivity contribution in [2.24, 2.45) is 0 Å². The van der Waals surface area contributed by atoms with Gasteiger partial charge in [-0.15, -0.1) is 0 Å². The zero-order valence-electron chi connectivity index (χ0n) is 22.9. The summed E-state index contributed by atoms with van der Waals surface area (Å²) in [6.45, 7) is 5.25. The summed E-state index contributed by atoms with van der Waals surface area (Å²) < 4.78 is 54.6. The molecule has 8 nitrogen and oxygen atoms in total. The molecule has 3 aromatic carbocycles. The number of fused-ring (bicyclic) bond motifs is 1. The van der Waals surface area contributed by atoms with Crippen LogP contribution in [0.1, 0.15) is 43.7 Å². The number of hydrogen-bond donors (Lipinski definition) is 3. The first-order chi connectivity index (χ1) is 20.0. The predicted octanol–water partition coefficient (Wildman–Crippen LogP) is 4.81. The average Bonchev–Trinajstić information content (AvgIpc) is 2.94. The molecule has 0 aliphatic heterocycles. The minimum atomic E-state index is -0.773. The topological polar surface area (TPSA) is 129 Å². The lowest BCUT2D eigenvalue weighted by Gasteiger charge is -2.19. The predicted molar refractivity (Wildman–Crippen MR) is 154 cm³/mol. The van der Waals surface area contributed by atoms with Crippen LogP contribution >= 0.6 is 0 Å². The molecule has 0 bridgehead atoms. The van der Waals surface area contributed by atoms with Crippen molar-refractivity contribution >= 4 is 28.3 Å². The standard InChI is InChI=1S/C31H26F3N5O3/c1-15(2)41-24-9-7-18(12-22(24)34)27(35)26-30(36)37-14-38-31(26)39-16(3)29-25(17-5-4-6-19(32)11-17)28(40)21-13-20(33)8-10-23(21)42-29/h4-16,35H,1-3H3,(H3,36,37,38,39)/p+1/t16-/m1/s1. The smallest absolute Gasteiger partial charge is 0.218 e. The maximum atomic E-state index is 14.8. The van der Waals surface area contributed by atoms with E-state index in [0.717, 1.165) is 6.07 Å². The van der Waals surface area contributed by atoms with Crippen LogP contribution in [0.15, 0.2) is 76.2 Å². The molecule has 5 N–H and O–H groups in total. The molecule has 0 fully saturated rings. The van der Waals surface area contributed by atoms with Crippen LogP contribution in [0.2, 0.25) is 0 Å². The number of benzene rings is 3. The molecule has 5 aromatic rings. The number of hydrogen-bond acceptors (Lipinski definition) is 7. The highest BCUT2D eigenvalue weighted by atomic mass is 19.1. The van der Waals surface area contributed by atoms with E-state index in [-0.39, 0.29) is 62.6 Å². The summed E-state index contributed by atoms with van der Waals surface area (Å²) in [6, 6.07) is 12.5. The Morgan fingerprint density at radius 3 is 2.48 bits per heavy atom. The van der Waals surface area contributed by atoms with Crippen molar-refractivity contribution in [2.75, 3.05) is 11.1 Å². The SMILES string of the molecule is CC(C)Oc1ccc(C(=[NH2+])c2c(N)ncnc2N[C@H](C)c2oc3ccc(F)cc3c(=O)c2-c2cccc(F)c2)cc1F. The molecular weight excluding hydrogens is 547 g/mol. The summed E-state index contributed by atoms with van der Waals surface area (Å²) >= 11 is 0. The van der Waals surface area contributed by atoms with Gasteiger partial charge >= 0.3 is 0 Å². The summed E-state index contributed by atoms with van der Waals surface area (Å²) in [5.41, 5.74) is 6.65. The fraction of sp³-hybridized carbons (Fsp3) is 0.161. The van der Waals surface area contributed by atoms with Crippen molar-refractivity contribution in [3.63, 3.8) is 0 Å². The number of aromatic nitrogens is 2. The molecule has 0 spiro atoms. The Bertz CT molecular complexity index is 1890. The van der Waals surface area contributed by atoms with Crippen LogP contribution in [0.5, 0.6) is 5.75 Å². The second-order valence-corrected chi connectivity index (χ2v) is 9.90. The Kier molecular flexibility index (Phi) is 7.66. The van der Waals surface area contributed by atoms with Crippen LogP contribution in [0, 0.1) is 17.5 Å². The number of nitrogens with one attached hydrogen (secondary N) is 1. The van der Waals surface area contributed by atoms with Gasteiger partial charge in [0, 0.05) is 5.56 Å². The summed E-state index contributed by atoms with van der Waals surface area (Å²) in [6.07, 6.45) is 0.988. The van der Waals surface area contributed by atoms with Crippen LogP contribution in [0.3, 0.4) is 0 Å². The van der Waals surface area contributed by atoms with E-state index in [1.165, 1.54) is 48.8 Å². The zero-order chi connectivity index (χ0) is 30.1. The monoisotopic (exact) mass is 574 g/mol. The first-order valence-corrected chi connectivity index (χ1v) is 13.0. The largest absolute Gasteiger partial charge is 0.488 e. The van der Waals surface area contributed by atoms with Crippen molar-refractivity contribution in [1.29, 1.82) is 0 Å². The van der Waals surface area contributed by atoms with Crippen LogP contribution in [0.4, 0.5) is 24.8 Å². The maximum absolute atomic E-state index is 14.8. The average molecular weight is 575 g/mol. The molecule has 0 saturated heterocycles. The Morgan fingerprint density at radius 2 is 1.76 bits per heavy atom. The molecule has 214 valence electrons. The van der Waals surface area contributed by atoms with E-state index in [1.807, 2.05) is 0 Å². The van der Waals surface area contributed by atoms with Gasteiger partial charge in [0.1, 0.15) is 46.5 Å². The van der Waals surface area contributed by atoms with Crippen molar-refractivity contribution in [3.05, 3.63) is 112 Å². The van der Waals surface area contributed by atoms with Gasteiger partial charge in [-0.3, -0.25) is 10.2 Å². The van der Waals surface area contributed by atoms with Crippen LogP contribution in [-0.2, 0) is 0 Å². The van der Waals surface area contributed by atoms with E-state index in [4.69, 9.17) is 20.3 Å². The molecule has 0 saturated carbocycles.